The summed E-state index contributed by atoms with van der Waals surface area (Å²) in [5.41, 5.74) is 1.68. The summed E-state index contributed by atoms with van der Waals surface area (Å²) in [6.45, 7) is 5.93. The van der Waals surface area contributed by atoms with Crippen LogP contribution in [0.15, 0.2) is 42.9 Å². The van der Waals surface area contributed by atoms with E-state index in [1.807, 2.05) is 37.7 Å². The van der Waals surface area contributed by atoms with Crippen LogP contribution in [-0.4, -0.2) is 19.7 Å². The summed E-state index contributed by atoms with van der Waals surface area (Å²) in [4.78, 5) is 8.42. The first kappa shape index (κ1) is 17.9. The van der Waals surface area contributed by atoms with E-state index in [2.05, 4.69) is 20.4 Å². The number of hydrogen-bond donors (Lipinski definition) is 1. The van der Waals surface area contributed by atoms with E-state index in [1.165, 1.54) is 0 Å². The van der Waals surface area contributed by atoms with Gasteiger partial charge in [-0.05, 0) is 50.6 Å². The lowest BCUT2D eigenvalue weighted by Crippen LogP contribution is -2.06. The van der Waals surface area contributed by atoms with Crippen LogP contribution < -0.4 is 5.32 Å². The Balaban J connectivity index is 1.91. The van der Waals surface area contributed by atoms with Gasteiger partial charge in [-0.2, -0.15) is 18.3 Å². The number of alkyl halides is 3. The molecule has 0 fully saturated rings. The topological polar surface area (TPSA) is 55.6 Å². The highest BCUT2D eigenvalue weighted by Gasteiger charge is 2.30. The van der Waals surface area contributed by atoms with Gasteiger partial charge in [0.05, 0.1) is 17.5 Å². The minimum absolute atomic E-state index is 0.0850. The van der Waals surface area contributed by atoms with E-state index >= 15 is 0 Å². The number of aromatic nitrogens is 4. The summed E-state index contributed by atoms with van der Waals surface area (Å²) in [7, 11) is 0. The van der Waals surface area contributed by atoms with Gasteiger partial charge < -0.3 is 5.32 Å². The summed E-state index contributed by atoms with van der Waals surface area (Å²) in [6.07, 6.45) is 0.303. The first-order valence-corrected chi connectivity index (χ1v) is 8.06. The van der Waals surface area contributed by atoms with Gasteiger partial charge in [0.1, 0.15) is 11.6 Å². The van der Waals surface area contributed by atoms with Gasteiger partial charge in [0.15, 0.2) is 0 Å². The van der Waals surface area contributed by atoms with E-state index in [9.17, 15) is 13.2 Å². The molecular formula is C18H18F3N5. The average Bonchev–Trinajstić information content (AvgIpc) is 3.04. The van der Waals surface area contributed by atoms with Crippen molar-refractivity contribution in [2.75, 3.05) is 5.32 Å². The number of nitrogens with one attached hydrogen (secondary N) is 1. The number of aryl methyl sites for hydroxylation is 1. The van der Waals surface area contributed by atoms with Crippen LogP contribution in [0.4, 0.5) is 24.8 Å². The third-order valence-electron chi connectivity index (χ3n) is 3.74. The molecule has 8 heteroatoms. The fraction of sp³-hybridized carbons (Fsp3) is 0.278. The monoisotopic (exact) mass is 361 g/mol. The van der Waals surface area contributed by atoms with Gasteiger partial charge >= 0.3 is 6.18 Å². The lowest BCUT2D eigenvalue weighted by Gasteiger charge is -2.11. The summed E-state index contributed by atoms with van der Waals surface area (Å²) in [5, 5.41) is 7.14. The second-order valence-electron chi connectivity index (χ2n) is 6.27. The molecule has 0 aliphatic heterocycles. The molecule has 0 aromatic carbocycles. The minimum atomic E-state index is -4.42. The van der Waals surface area contributed by atoms with Gasteiger partial charge in [0, 0.05) is 24.0 Å². The summed E-state index contributed by atoms with van der Waals surface area (Å²) >= 11 is 0. The third-order valence-corrected chi connectivity index (χ3v) is 3.74. The number of halogens is 3. The smallest absolute Gasteiger partial charge is 0.325 e. The van der Waals surface area contributed by atoms with Crippen molar-refractivity contribution in [3.8, 4) is 11.3 Å². The molecule has 0 saturated heterocycles. The molecule has 0 atom stereocenters. The Labute approximate surface area is 148 Å². The maximum Gasteiger partial charge on any atom is 0.416 e. The maximum absolute atomic E-state index is 12.8. The number of rotatable bonds is 4. The van der Waals surface area contributed by atoms with Crippen LogP contribution in [0.1, 0.15) is 31.0 Å². The van der Waals surface area contributed by atoms with E-state index < -0.39 is 11.7 Å². The highest BCUT2D eigenvalue weighted by Crippen LogP contribution is 2.30. The van der Waals surface area contributed by atoms with Gasteiger partial charge in [0.2, 0.25) is 0 Å². The summed E-state index contributed by atoms with van der Waals surface area (Å²) < 4.78 is 40.4. The number of anilines is 2. The molecule has 0 spiro atoms. The molecule has 0 saturated carbocycles. The normalized spacial score (nSPS) is 11.8. The highest BCUT2D eigenvalue weighted by atomic mass is 19.4. The van der Waals surface area contributed by atoms with Crippen molar-refractivity contribution in [3.63, 3.8) is 0 Å². The zero-order valence-corrected chi connectivity index (χ0v) is 14.5. The maximum atomic E-state index is 12.8. The predicted octanol–water partition coefficient (Wildman–Crippen LogP) is 4.99. The van der Waals surface area contributed by atoms with Crippen LogP contribution in [0, 0.1) is 6.92 Å². The fourth-order valence-electron chi connectivity index (χ4n) is 2.44. The van der Waals surface area contributed by atoms with Crippen molar-refractivity contribution < 1.29 is 13.2 Å². The van der Waals surface area contributed by atoms with Crippen molar-refractivity contribution in [1.82, 2.24) is 19.7 Å². The van der Waals surface area contributed by atoms with Crippen molar-refractivity contribution in [2.24, 2.45) is 0 Å². The first-order valence-electron chi connectivity index (χ1n) is 8.06. The Morgan fingerprint density at radius 3 is 2.54 bits per heavy atom. The molecule has 5 nitrogen and oxygen atoms in total. The number of nitrogens with zero attached hydrogens (tertiary/aromatic N) is 4. The largest absolute Gasteiger partial charge is 0.416 e. The zero-order chi connectivity index (χ0) is 18.9. The number of hydrogen-bond acceptors (Lipinski definition) is 4. The molecule has 136 valence electrons. The van der Waals surface area contributed by atoms with Crippen molar-refractivity contribution in [1.29, 1.82) is 0 Å². The van der Waals surface area contributed by atoms with Gasteiger partial charge in [-0.25, -0.2) is 9.97 Å². The van der Waals surface area contributed by atoms with E-state index in [1.54, 1.807) is 12.3 Å². The second kappa shape index (κ2) is 6.78. The second-order valence-corrected chi connectivity index (χ2v) is 6.27. The highest BCUT2D eigenvalue weighted by molar-refractivity contribution is 5.63. The third kappa shape index (κ3) is 4.01. The lowest BCUT2D eigenvalue weighted by atomic mass is 10.1. The van der Waals surface area contributed by atoms with Crippen LogP contribution in [0.2, 0.25) is 0 Å². The average molecular weight is 361 g/mol. The van der Waals surface area contributed by atoms with Gasteiger partial charge in [-0.15, -0.1) is 0 Å². The molecule has 0 radical (unpaired) electrons. The summed E-state index contributed by atoms with van der Waals surface area (Å²) in [5.74, 6) is 0.505. The van der Waals surface area contributed by atoms with Crippen molar-refractivity contribution >= 4 is 11.6 Å². The molecule has 26 heavy (non-hydrogen) atoms. The van der Waals surface area contributed by atoms with Crippen molar-refractivity contribution in [2.45, 2.75) is 33.0 Å². The Morgan fingerprint density at radius 2 is 1.88 bits per heavy atom. The van der Waals surface area contributed by atoms with Crippen LogP contribution in [0.3, 0.4) is 0 Å². The SMILES string of the molecule is Cc1cc(Nc2cc(C(F)(F)F)ccn2)nc(-c2cnn(C(C)C)c2)c1. The molecular weight excluding hydrogens is 343 g/mol. The van der Waals surface area contributed by atoms with Crippen LogP contribution >= 0.6 is 0 Å². The lowest BCUT2D eigenvalue weighted by molar-refractivity contribution is -0.137. The predicted molar refractivity (Wildman–Crippen MR) is 93.1 cm³/mol. The zero-order valence-electron chi connectivity index (χ0n) is 14.5. The molecule has 3 heterocycles. The van der Waals surface area contributed by atoms with Crippen LogP contribution in [-0.2, 0) is 6.18 Å². The van der Waals surface area contributed by atoms with E-state index in [0.29, 0.717) is 11.5 Å². The minimum Gasteiger partial charge on any atom is -0.325 e. The standard InChI is InChI=1S/C18H18F3N5/c1-11(2)26-10-13(9-23-26)15-6-12(3)7-17(24-15)25-16-8-14(4-5-22-16)18(19,20)21/h4-11H,1-3H3,(H,22,24,25). The number of pyridine rings is 2. The summed E-state index contributed by atoms with van der Waals surface area (Å²) in [6, 6.07) is 5.76. The fourth-order valence-corrected chi connectivity index (χ4v) is 2.44. The molecule has 0 bridgehead atoms. The first-order chi connectivity index (χ1) is 12.2. The Morgan fingerprint density at radius 1 is 1.12 bits per heavy atom. The van der Waals surface area contributed by atoms with E-state index in [0.717, 1.165) is 29.5 Å². The molecule has 3 rings (SSSR count). The van der Waals surface area contributed by atoms with E-state index in [-0.39, 0.29) is 11.9 Å². The van der Waals surface area contributed by atoms with Crippen LogP contribution in [0.5, 0.6) is 0 Å². The Hall–Kier alpha value is -2.90. The molecule has 1 N–H and O–H groups in total. The molecule has 3 aromatic heterocycles. The van der Waals surface area contributed by atoms with Gasteiger partial charge in [0.25, 0.3) is 0 Å². The molecule has 0 aliphatic carbocycles. The quantitative estimate of drug-likeness (QED) is 0.711. The van der Waals surface area contributed by atoms with Crippen LogP contribution in [0.25, 0.3) is 11.3 Å². The molecule has 3 aromatic rings. The molecule has 0 amide bonds. The van der Waals surface area contributed by atoms with Gasteiger partial charge in [-0.3, -0.25) is 4.68 Å². The van der Waals surface area contributed by atoms with Gasteiger partial charge in [-0.1, -0.05) is 0 Å². The Bertz CT molecular complexity index is 915. The van der Waals surface area contributed by atoms with Crippen molar-refractivity contribution in [3.05, 3.63) is 54.0 Å². The Kier molecular flexibility index (Phi) is 4.67. The molecule has 0 aliphatic rings. The molecule has 0 unspecified atom stereocenters. The van der Waals surface area contributed by atoms with E-state index in [4.69, 9.17) is 0 Å².